The summed E-state index contributed by atoms with van der Waals surface area (Å²) < 4.78 is 12.8. The molecule has 0 amide bonds. The summed E-state index contributed by atoms with van der Waals surface area (Å²) in [4.78, 5) is 20.7. The Morgan fingerprint density at radius 2 is 2.14 bits per heavy atom. The number of Topliss-reactive ketones (excluding diaryl/α,β-unsaturated/α-hetero) is 1. The quantitative estimate of drug-likeness (QED) is 0.721. The molecular formula is C16H24FN3O. The number of pyridine rings is 1. The van der Waals surface area contributed by atoms with Crippen molar-refractivity contribution in [1.82, 2.24) is 14.8 Å². The van der Waals surface area contributed by atoms with Crippen LogP contribution in [0, 0.1) is 11.7 Å². The third-order valence-corrected chi connectivity index (χ3v) is 4.01. The van der Waals surface area contributed by atoms with E-state index in [-0.39, 0.29) is 11.7 Å². The number of carbonyl (C=O) groups excluding carboxylic acids is 1. The van der Waals surface area contributed by atoms with Crippen LogP contribution in [-0.4, -0.2) is 60.3 Å². The molecule has 1 saturated heterocycles. The minimum absolute atomic E-state index is 0.0250. The molecule has 2 heterocycles. The minimum Gasteiger partial charge on any atom is -0.304 e. The monoisotopic (exact) mass is 293 g/mol. The van der Waals surface area contributed by atoms with Gasteiger partial charge >= 0.3 is 0 Å². The third kappa shape index (κ3) is 4.86. The lowest BCUT2D eigenvalue weighted by Crippen LogP contribution is -2.35. The summed E-state index contributed by atoms with van der Waals surface area (Å²) in [5.74, 6) is -0.573. The first-order valence-electron chi connectivity index (χ1n) is 7.63. The van der Waals surface area contributed by atoms with Crippen LogP contribution >= 0.6 is 0 Å². The van der Waals surface area contributed by atoms with Crippen LogP contribution in [0.4, 0.5) is 4.39 Å². The van der Waals surface area contributed by atoms with Crippen LogP contribution in [0.5, 0.6) is 0 Å². The average Bonchev–Trinajstić information content (AvgIpc) is 2.98. The standard InChI is InChI=1S/C16H24FN3O/c1-13(16(21)15-6-5-14(17)11-18-15)12-19(2)9-10-20-7-3-4-8-20/h5-6,11,13H,3-4,7-10,12H2,1-2H3. The van der Waals surface area contributed by atoms with Crippen molar-refractivity contribution in [2.75, 3.05) is 39.8 Å². The van der Waals surface area contributed by atoms with E-state index in [4.69, 9.17) is 0 Å². The molecule has 0 spiro atoms. The van der Waals surface area contributed by atoms with Crippen molar-refractivity contribution < 1.29 is 9.18 Å². The van der Waals surface area contributed by atoms with Crippen LogP contribution in [0.2, 0.25) is 0 Å². The molecule has 0 aliphatic carbocycles. The van der Waals surface area contributed by atoms with Crippen LogP contribution < -0.4 is 0 Å². The molecule has 1 fully saturated rings. The maximum atomic E-state index is 12.8. The Bertz CT molecular complexity index is 457. The molecular weight excluding hydrogens is 269 g/mol. The van der Waals surface area contributed by atoms with E-state index in [1.54, 1.807) is 0 Å². The van der Waals surface area contributed by atoms with Gasteiger partial charge in [-0.15, -0.1) is 0 Å². The van der Waals surface area contributed by atoms with Crippen LogP contribution in [0.3, 0.4) is 0 Å². The number of aromatic nitrogens is 1. The number of carbonyl (C=O) groups is 1. The number of likely N-dealkylation sites (tertiary alicyclic amines) is 1. The molecule has 1 aromatic rings. The predicted octanol–water partition coefficient (Wildman–Crippen LogP) is 2.07. The van der Waals surface area contributed by atoms with Gasteiger partial charge in [0.05, 0.1) is 6.20 Å². The number of hydrogen-bond donors (Lipinski definition) is 0. The highest BCUT2D eigenvalue weighted by Crippen LogP contribution is 2.10. The van der Waals surface area contributed by atoms with Gasteiger partial charge in [-0.05, 0) is 45.1 Å². The second-order valence-corrected chi connectivity index (χ2v) is 5.94. The molecule has 0 radical (unpaired) electrons. The molecule has 1 aromatic heterocycles. The lowest BCUT2D eigenvalue weighted by atomic mass is 10.0. The molecule has 0 saturated carbocycles. The van der Waals surface area contributed by atoms with Crippen molar-refractivity contribution in [1.29, 1.82) is 0 Å². The Morgan fingerprint density at radius 1 is 1.43 bits per heavy atom. The van der Waals surface area contributed by atoms with Gasteiger partial charge in [-0.3, -0.25) is 9.78 Å². The predicted molar refractivity (Wildman–Crippen MR) is 80.9 cm³/mol. The van der Waals surface area contributed by atoms with Gasteiger partial charge in [0.15, 0.2) is 5.78 Å². The Morgan fingerprint density at radius 3 is 2.76 bits per heavy atom. The number of likely N-dealkylation sites (N-methyl/N-ethyl adjacent to an activating group) is 1. The molecule has 5 heteroatoms. The summed E-state index contributed by atoms with van der Waals surface area (Å²) in [7, 11) is 2.04. The summed E-state index contributed by atoms with van der Waals surface area (Å²) in [5, 5.41) is 0. The smallest absolute Gasteiger partial charge is 0.185 e. The Hall–Kier alpha value is -1.33. The van der Waals surface area contributed by atoms with Crippen molar-refractivity contribution in [3.63, 3.8) is 0 Å². The number of nitrogens with zero attached hydrogens (tertiary/aromatic N) is 3. The minimum atomic E-state index is -0.415. The Labute approximate surface area is 126 Å². The number of rotatable bonds is 7. The molecule has 1 aliphatic heterocycles. The Balaban J connectivity index is 1.77. The fourth-order valence-electron chi connectivity index (χ4n) is 2.73. The maximum absolute atomic E-state index is 12.8. The molecule has 116 valence electrons. The fourth-order valence-corrected chi connectivity index (χ4v) is 2.73. The normalized spacial score (nSPS) is 17.3. The number of ketones is 1. The molecule has 0 aromatic carbocycles. The van der Waals surface area contributed by atoms with E-state index >= 15 is 0 Å². The molecule has 0 N–H and O–H groups in total. The van der Waals surface area contributed by atoms with Crippen LogP contribution in [-0.2, 0) is 0 Å². The lowest BCUT2D eigenvalue weighted by Gasteiger charge is -2.23. The van der Waals surface area contributed by atoms with E-state index in [0.29, 0.717) is 12.2 Å². The van der Waals surface area contributed by atoms with Gasteiger partial charge in [0, 0.05) is 25.6 Å². The fraction of sp³-hybridized carbons (Fsp3) is 0.625. The van der Waals surface area contributed by atoms with E-state index in [2.05, 4.69) is 14.8 Å². The Kier molecular flexibility index (Phi) is 5.82. The first kappa shape index (κ1) is 16.0. The maximum Gasteiger partial charge on any atom is 0.185 e. The largest absolute Gasteiger partial charge is 0.304 e. The average molecular weight is 293 g/mol. The zero-order valence-corrected chi connectivity index (χ0v) is 12.9. The van der Waals surface area contributed by atoms with Crippen molar-refractivity contribution >= 4 is 5.78 Å². The zero-order valence-electron chi connectivity index (χ0n) is 12.9. The summed E-state index contributed by atoms with van der Waals surface area (Å²) in [5.41, 5.74) is 0.344. The summed E-state index contributed by atoms with van der Waals surface area (Å²) in [6.45, 7) is 7.02. The van der Waals surface area contributed by atoms with Crippen LogP contribution in [0.25, 0.3) is 0 Å². The van der Waals surface area contributed by atoms with Crippen molar-refractivity contribution in [2.45, 2.75) is 19.8 Å². The third-order valence-electron chi connectivity index (χ3n) is 4.01. The first-order chi connectivity index (χ1) is 10.1. The molecule has 2 rings (SSSR count). The van der Waals surface area contributed by atoms with Gasteiger partial charge < -0.3 is 9.80 Å². The second kappa shape index (κ2) is 7.61. The van der Waals surface area contributed by atoms with Gasteiger partial charge in [-0.2, -0.15) is 0 Å². The van der Waals surface area contributed by atoms with E-state index in [1.165, 1.54) is 38.1 Å². The highest BCUT2D eigenvalue weighted by molar-refractivity contribution is 5.95. The number of hydrogen-bond acceptors (Lipinski definition) is 4. The first-order valence-corrected chi connectivity index (χ1v) is 7.63. The SMILES string of the molecule is CC(CN(C)CCN1CCCC1)C(=O)c1ccc(F)cn1. The topological polar surface area (TPSA) is 36.4 Å². The van der Waals surface area contributed by atoms with E-state index in [1.807, 2.05) is 14.0 Å². The van der Waals surface area contributed by atoms with Crippen molar-refractivity contribution in [2.24, 2.45) is 5.92 Å². The zero-order chi connectivity index (χ0) is 15.2. The van der Waals surface area contributed by atoms with Crippen molar-refractivity contribution in [3.8, 4) is 0 Å². The van der Waals surface area contributed by atoms with Crippen molar-refractivity contribution in [3.05, 3.63) is 29.8 Å². The van der Waals surface area contributed by atoms with Gasteiger partial charge in [-0.1, -0.05) is 6.92 Å². The molecule has 1 aliphatic rings. The molecule has 0 bridgehead atoms. The highest BCUT2D eigenvalue weighted by Gasteiger charge is 2.19. The summed E-state index contributed by atoms with van der Waals surface area (Å²) in [6, 6.07) is 2.74. The molecule has 1 atom stereocenters. The molecule has 1 unspecified atom stereocenters. The lowest BCUT2D eigenvalue weighted by molar-refractivity contribution is 0.0895. The van der Waals surface area contributed by atoms with E-state index in [0.717, 1.165) is 19.3 Å². The molecule has 4 nitrogen and oxygen atoms in total. The summed E-state index contributed by atoms with van der Waals surface area (Å²) >= 11 is 0. The summed E-state index contributed by atoms with van der Waals surface area (Å²) in [6.07, 6.45) is 3.70. The van der Waals surface area contributed by atoms with E-state index in [9.17, 15) is 9.18 Å². The van der Waals surface area contributed by atoms with E-state index < -0.39 is 5.82 Å². The van der Waals surface area contributed by atoms with Gasteiger partial charge in [0.25, 0.3) is 0 Å². The van der Waals surface area contributed by atoms with Gasteiger partial charge in [-0.25, -0.2) is 4.39 Å². The van der Waals surface area contributed by atoms with Gasteiger partial charge in [0.2, 0.25) is 0 Å². The molecule has 21 heavy (non-hydrogen) atoms. The van der Waals surface area contributed by atoms with Crippen LogP contribution in [0.1, 0.15) is 30.3 Å². The highest BCUT2D eigenvalue weighted by atomic mass is 19.1. The second-order valence-electron chi connectivity index (χ2n) is 5.94. The van der Waals surface area contributed by atoms with Gasteiger partial charge in [0.1, 0.15) is 11.5 Å². The number of halogens is 1. The van der Waals surface area contributed by atoms with Crippen LogP contribution in [0.15, 0.2) is 18.3 Å².